The van der Waals surface area contributed by atoms with Crippen LogP contribution in [0.15, 0.2) is 66.9 Å². The number of pyridine rings is 1. The molecule has 0 aliphatic heterocycles. The second-order valence-corrected chi connectivity index (χ2v) is 6.28. The van der Waals surface area contributed by atoms with Gasteiger partial charge in [0.05, 0.1) is 5.52 Å². The van der Waals surface area contributed by atoms with Gasteiger partial charge >= 0.3 is 0 Å². The highest BCUT2D eigenvalue weighted by molar-refractivity contribution is 6.31. The molecule has 28 heavy (non-hydrogen) atoms. The SMILES string of the molecule is Nc1nc(NC(=O)c2cccc(Cl)c2)cc(Oc2cccc3ncccc23)n1. The number of hydrogen-bond donors (Lipinski definition) is 2. The fourth-order valence-electron chi connectivity index (χ4n) is 2.65. The number of amides is 1. The van der Waals surface area contributed by atoms with Gasteiger partial charge in [-0.3, -0.25) is 9.78 Å². The van der Waals surface area contributed by atoms with Gasteiger partial charge in [0.2, 0.25) is 11.8 Å². The molecule has 4 rings (SSSR count). The molecule has 1 amide bonds. The molecule has 8 heteroatoms. The van der Waals surface area contributed by atoms with Gasteiger partial charge in [0.1, 0.15) is 11.6 Å². The second kappa shape index (κ2) is 7.50. The Balaban J connectivity index is 1.61. The number of nitrogen functional groups attached to an aromatic ring is 1. The van der Waals surface area contributed by atoms with Crippen LogP contribution in [-0.4, -0.2) is 20.9 Å². The largest absolute Gasteiger partial charge is 0.438 e. The summed E-state index contributed by atoms with van der Waals surface area (Å²) < 4.78 is 5.88. The molecule has 0 saturated heterocycles. The zero-order chi connectivity index (χ0) is 19.5. The van der Waals surface area contributed by atoms with Crippen LogP contribution in [0.2, 0.25) is 5.02 Å². The number of nitrogens with two attached hydrogens (primary N) is 1. The minimum Gasteiger partial charge on any atom is -0.438 e. The fourth-order valence-corrected chi connectivity index (χ4v) is 2.84. The molecule has 4 aromatic rings. The molecular formula is C20H14ClN5O2. The second-order valence-electron chi connectivity index (χ2n) is 5.84. The number of nitrogens with zero attached hydrogens (tertiary/aromatic N) is 3. The number of hydrogen-bond acceptors (Lipinski definition) is 6. The molecule has 0 saturated carbocycles. The van der Waals surface area contributed by atoms with E-state index in [9.17, 15) is 4.79 Å². The maximum atomic E-state index is 12.4. The predicted molar refractivity (Wildman–Crippen MR) is 108 cm³/mol. The number of anilines is 2. The van der Waals surface area contributed by atoms with E-state index in [0.29, 0.717) is 16.3 Å². The van der Waals surface area contributed by atoms with Crippen LogP contribution in [-0.2, 0) is 0 Å². The first kappa shape index (κ1) is 17.7. The minimum atomic E-state index is -0.374. The van der Waals surface area contributed by atoms with Crippen molar-refractivity contribution in [2.24, 2.45) is 0 Å². The van der Waals surface area contributed by atoms with Gasteiger partial charge in [-0.1, -0.05) is 23.7 Å². The molecule has 7 nitrogen and oxygen atoms in total. The van der Waals surface area contributed by atoms with Crippen molar-refractivity contribution < 1.29 is 9.53 Å². The average Bonchev–Trinajstić information content (AvgIpc) is 2.68. The predicted octanol–water partition coefficient (Wildman–Crippen LogP) is 4.31. The van der Waals surface area contributed by atoms with Gasteiger partial charge in [-0.15, -0.1) is 0 Å². The number of nitrogens with one attached hydrogen (secondary N) is 1. The highest BCUT2D eigenvalue weighted by Crippen LogP contribution is 2.29. The summed E-state index contributed by atoms with van der Waals surface area (Å²) in [6.07, 6.45) is 1.71. The van der Waals surface area contributed by atoms with Crippen molar-refractivity contribution in [2.45, 2.75) is 0 Å². The average molecular weight is 392 g/mol. The van der Waals surface area contributed by atoms with E-state index >= 15 is 0 Å². The minimum absolute atomic E-state index is 0.0303. The fraction of sp³-hybridized carbons (Fsp3) is 0. The van der Waals surface area contributed by atoms with Gasteiger partial charge in [-0.2, -0.15) is 9.97 Å². The van der Waals surface area contributed by atoms with Gasteiger partial charge in [0, 0.05) is 28.2 Å². The first-order valence-corrected chi connectivity index (χ1v) is 8.69. The Morgan fingerprint density at radius 2 is 1.89 bits per heavy atom. The summed E-state index contributed by atoms with van der Waals surface area (Å²) >= 11 is 5.93. The third-order valence-corrected chi connectivity index (χ3v) is 4.10. The molecule has 0 radical (unpaired) electrons. The molecular weight excluding hydrogens is 378 g/mol. The van der Waals surface area contributed by atoms with Gasteiger partial charge in [0.25, 0.3) is 5.91 Å². The number of rotatable bonds is 4. The van der Waals surface area contributed by atoms with Crippen LogP contribution in [0.1, 0.15) is 10.4 Å². The van der Waals surface area contributed by atoms with Crippen molar-refractivity contribution in [2.75, 3.05) is 11.1 Å². The van der Waals surface area contributed by atoms with E-state index in [2.05, 4.69) is 20.3 Å². The lowest BCUT2D eigenvalue weighted by Crippen LogP contribution is -2.14. The summed E-state index contributed by atoms with van der Waals surface area (Å²) in [7, 11) is 0. The summed E-state index contributed by atoms with van der Waals surface area (Å²) in [5, 5.41) is 3.96. The zero-order valence-electron chi connectivity index (χ0n) is 14.5. The third kappa shape index (κ3) is 3.84. The topological polar surface area (TPSA) is 103 Å². The molecule has 2 heterocycles. The van der Waals surface area contributed by atoms with Crippen molar-refractivity contribution in [3.63, 3.8) is 0 Å². The van der Waals surface area contributed by atoms with Gasteiger partial charge in [-0.05, 0) is 42.5 Å². The Morgan fingerprint density at radius 3 is 2.75 bits per heavy atom. The molecule has 0 spiro atoms. The van der Waals surface area contributed by atoms with Crippen LogP contribution in [0.4, 0.5) is 11.8 Å². The summed E-state index contributed by atoms with van der Waals surface area (Å²) in [5.74, 6) is 0.574. The normalized spacial score (nSPS) is 10.6. The summed E-state index contributed by atoms with van der Waals surface area (Å²) in [4.78, 5) is 24.8. The maximum Gasteiger partial charge on any atom is 0.256 e. The molecule has 0 bridgehead atoms. The monoisotopic (exact) mass is 391 g/mol. The van der Waals surface area contributed by atoms with Gasteiger partial charge in [-0.25, -0.2) is 0 Å². The molecule has 0 fully saturated rings. The summed E-state index contributed by atoms with van der Waals surface area (Å²) in [5.41, 5.74) is 6.96. The van der Waals surface area contributed by atoms with Crippen molar-refractivity contribution in [3.8, 4) is 11.6 Å². The lowest BCUT2D eigenvalue weighted by Gasteiger charge is -2.10. The van der Waals surface area contributed by atoms with E-state index in [1.165, 1.54) is 6.07 Å². The van der Waals surface area contributed by atoms with E-state index in [-0.39, 0.29) is 23.6 Å². The van der Waals surface area contributed by atoms with Gasteiger partial charge < -0.3 is 15.8 Å². The number of benzene rings is 2. The summed E-state index contributed by atoms with van der Waals surface area (Å²) in [6, 6.07) is 17.3. The zero-order valence-corrected chi connectivity index (χ0v) is 15.2. The highest BCUT2D eigenvalue weighted by Gasteiger charge is 2.11. The Kier molecular flexibility index (Phi) is 4.74. The quantitative estimate of drug-likeness (QED) is 0.537. The van der Waals surface area contributed by atoms with Crippen LogP contribution in [0.25, 0.3) is 10.9 Å². The highest BCUT2D eigenvalue weighted by atomic mass is 35.5. The third-order valence-electron chi connectivity index (χ3n) is 3.87. The van der Waals surface area contributed by atoms with Crippen LogP contribution in [0.5, 0.6) is 11.6 Å². The molecule has 0 atom stereocenters. The Hall–Kier alpha value is -3.71. The molecule has 2 aromatic heterocycles. The van der Waals surface area contributed by atoms with Crippen molar-refractivity contribution in [3.05, 3.63) is 77.4 Å². The number of aromatic nitrogens is 3. The Morgan fingerprint density at radius 1 is 1.04 bits per heavy atom. The molecule has 3 N–H and O–H groups in total. The van der Waals surface area contributed by atoms with E-state index in [1.807, 2.05) is 24.3 Å². The number of fused-ring (bicyclic) bond motifs is 1. The lowest BCUT2D eigenvalue weighted by atomic mass is 10.2. The van der Waals surface area contributed by atoms with E-state index in [0.717, 1.165) is 10.9 Å². The van der Waals surface area contributed by atoms with Crippen molar-refractivity contribution in [1.29, 1.82) is 0 Å². The van der Waals surface area contributed by atoms with Crippen LogP contribution in [0, 0.1) is 0 Å². The number of carbonyl (C=O) groups excluding carboxylic acids is 1. The first-order valence-electron chi connectivity index (χ1n) is 8.31. The molecule has 0 unspecified atom stereocenters. The molecule has 138 valence electrons. The molecule has 0 aliphatic rings. The number of ether oxygens (including phenoxy) is 1. The Labute approximate surface area is 165 Å². The van der Waals surface area contributed by atoms with Gasteiger partial charge in [0.15, 0.2) is 0 Å². The lowest BCUT2D eigenvalue weighted by molar-refractivity contribution is 0.102. The van der Waals surface area contributed by atoms with Crippen LogP contribution < -0.4 is 15.8 Å². The van der Waals surface area contributed by atoms with E-state index < -0.39 is 0 Å². The maximum absolute atomic E-state index is 12.4. The number of halogens is 1. The first-order chi connectivity index (χ1) is 13.6. The van der Waals surface area contributed by atoms with Crippen molar-refractivity contribution in [1.82, 2.24) is 15.0 Å². The van der Waals surface area contributed by atoms with E-state index in [4.69, 9.17) is 22.1 Å². The standard InChI is InChI=1S/C20H14ClN5O2/c21-13-5-1-4-12(10-13)19(27)24-17-11-18(26-20(22)25-17)28-16-8-2-7-15-14(16)6-3-9-23-15/h1-11H,(H3,22,24,25,26,27). The van der Waals surface area contributed by atoms with Crippen LogP contribution in [0.3, 0.4) is 0 Å². The number of carbonyl (C=O) groups is 1. The van der Waals surface area contributed by atoms with E-state index in [1.54, 1.807) is 36.5 Å². The van der Waals surface area contributed by atoms with Crippen molar-refractivity contribution >= 4 is 40.2 Å². The molecule has 2 aromatic carbocycles. The summed E-state index contributed by atoms with van der Waals surface area (Å²) in [6.45, 7) is 0. The smallest absolute Gasteiger partial charge is 0.256 e. The van der Waals surface area contributed by atoms with Crippen LogP contribution >= 0.6 is 11.6 Å². The Bertz CT molecular complexity index is 1180. The molecule has 0 aliphatic carbocycles.